The average molecular weight is 269 g/mol. The molecule has 1 saturated heterocycles. The zero-order chi connectivity index (χ0) is 14.4. The van der Waals surface area contributed by atoms with E-state index in [9.17, 15) is 4.79 Å². The van der Waals surface area contributed by atoms with Gasteiger partial charge in [0.15, 0.2) is 0 Å². The van der Waals surface area contributed by atoms with Crippen molar-refractivity contribution in [2.45, 2.75) is 65.8 Å². The van der Waals surface area contributed by atoms with Crippen molar-refractivity contribution in [3.05, 3.63) is 0 Å². The molecular weight excluding hydrogens is 238 g/mol. The Balaban J connectivity index is 2.46. The Morgan fingerprint density at radius 1 is 1.11 bits per heavy atom. The van der Waals surface area contributed by atoms with Crippen molar-refractivity contribution in [1.29, 1.82) is 0 Å². The number of piperidine rings is 1. The van der Waals surface area contributed by atoms with Crippen LogP contribution in [0.3, 0.4) is 0 Å². The number of carboxylic acids is 1. The molecule has 0 aromatic rings. The molecule has 19 heavy (non-hydrogen) atoms. The van der Waals surface area contributed by atoms with Crippen molar-refractivity contribution in [2.24, 2.45) is 17.8 Å². The van der Waals surface area contributed by atoms with Crippen LogP contribution in [-0.2, 0) is 4.79 Å². The van der Waals surface area contributed by atoms with Crippen LogP contribution in [0.2, 0.25) is 0 Å². The maximum Gasteiger partial charge on any atom is 0.303 e. The summed E-state index contributed by atoms with van der Waals surface area (Å²) in [5, 5.41) is 8.87. The molecule has 0 aliphatic carbocycles. The minimum atomic E-state index is -0.639. The van der Waals surface area contributed by atoms with Crippen LogP contribution in [0, 0.1) is 17.8 Å². The third kappa shape index (κ3) is 6.42. The first kappa shape index (κ1) is 16.5. The molecule has 1 N–H and O–H groups in total. The largest absolute Gasteiger partial charge is 0.481 e. The lowest BCUT2D eigenvalue weighted by Crippen LogP contribution is -2.43. The Hall–Kier alpha value is -0.570. The smallest absolute Gasteiger partial charge is 0.303 e. The predicted molar refractivity (Wildman–Crippen MR) is 79.2 cm³/mol. The van der Waals surface area contributed by atoms with Crippen LogP contribution >= 0.6 is 0 Å². The van der Waals surface area contributed by atoms with Crippen LogP contribution in [0.25, 0.3) is 0 Å². The quantitative estimate of drug-likeness (QED) is 0.767. The number of likely N-dealkylation sites (tertiary alicyclic amines) is 1. The van der Waals surface area contributed by atoms with E-state index in [1.807, 2.05) is 0 Å². The zero-order valence-corrected chi connectivity index (χ0v) is 13.1. The van der Waals surface area contributed by atoms with Gasteiger partial charge >= 0.3 is 5.97 Å². The lowest BCUT2D eigenvalue weighted by Gasteiger charge is -2.39. The van der Waals surface area contributed by atoms with Gasteiger partial charge in [0.05, 0.1) is 0 Å². The third-order valence-corrected chi connectivity index (χ3v) is 4.12. The number of hydrogen-bond donors (Lipinski definition) is 1. The highest BCUT2D eigenvalue weighted by molar-refractivity contribution is 5.67. The molecule has 0 aromatic carbocycles. The second kappa shape index (κ2) is 7.88. The summed E-state index contributed by atoms with van der Waals surface area (Å²) in [5.41, 5.74) is 0. The summed E-state index contributed by atoms with van der Waals surface area (Å²) in [5.74, 6) is 1.23. The summed E-state index contributed by atoms with van der Waals surface area (Å²) < 4.78 is 0. The van der Waals surface area contributed by atoms with Crippen LogP contribution in [0.5, 0.6) is 0 Å². The topological polar surface area (TPSA) is 40.5 Å². The number of carbonyl (C=O) groups is 1. The minimum absolute atomic E-state index is 0.354. The van der Waals surface area contributed by atoms with E-state index in [1.54, 1.807) is 0 Å². The van der Waals surface area contributed by atoms with Crippen molar-refractivity contribution in [1.82, 2.24) is 4.90 Å². The Bertz CT molecular complexity index is 258. The van der Waals surface area contributed by atoms with Gasteiger partial charge in [-0.25, -0.2) is 0 Å². The lowest BCUT2D eigenvalue weighted by molar-refractivity contribution is -0.138. The molecule has 112 valence electrons. The van der Waals surface area contributed by atoms with Gasteiger partial charge in [0, 0.05) is 12.5 Å². The predicted octanol–water partition coefficient (Wildman–Crippen LogP) is 3.63. The number of hydrogen-bond acceptors (Lipinski definition) is 2. The maximum absolute atomic E-state index is 10.8. The fourth-order valence-corrected chi connectivity index (χ4v) is 3.25. The monoisotopic (exact) mass is 269 g/mol. The van der Waals surface area contributed by atoms with Gasteiger partial charge in [-0.05, 0) is 56.5 Å². The van der Waals surface area contributed by atoms with Crippen molar-refractivity contribution in [3.63, 3.8) is 0 Å². The van der Waals surface area contributed by atoms with Gasteiger partial charge in [-0.2, -0.15) is 0 Å². The fraction of sp³-hybridized carbons (Fsp3) is 0.938. The molecule has 1 aliphatic rings. The molecule has 0 unspecified atom stereocenters. The first-order valence-electron chi connectivity index (χ1n) is 7.84. The summed E-state index contributed by atoms with van der Waals surface area (Å²) in [7, 11) is 0. The third-order valence-electron chi connectivity index (χ3n) is 4.12. The SMILES string of the molecule is CC(C)CC(CC(C)C)N1CCC(CC(=O)O)CC1. The molecule has 0 bridgehead atoms. The van der Waals surface area contributed by atoms with Gasteiger partial charge in [-0.15, -0.1) is 0 Å². The van der Waals surface area contributed by atoms with Gasteiger partial charge in [0.1, 0.15) is 0 Å². The van der Waals surface area contributed by atoms with E-state index >= 15 is 0 Å². The molecule has 0 aromatic heterocycles. The van der Waals surface area contributed by atoms with Crippen LogP contribution < -0.4 is 0 Å². The summed E-state index contributed by atoms with van der Waals surface area (Å²) in [6.07, 6.45) is 4.99. The van der Waals surface area contributed by atoms with Crippen LogP contribution in [-0.4, -0.2) is 35.1 Å². The molecule has 1 aliphatic heterocycles. The molecule has 3 nitrogen and oxygen atoms in total. The summed E-state index contributed by atoms with van der Waals surface area (Å²) in [6.45, 7) is 11.4. The number of carboxylic acid groups (broad SMARTS) is 1. The van der Waals surface area contributed by atoms with Gasteiger partial charge in [-0.1, -0.05) is 27.7 Å². The van der Waals surface area contributed by atoms with E-state index < -0.39 is 5.97 Å². The first-order chi connectivity index (χ1) is 8.88. The van der Waals surface area contributed by atoms with E-state index in [0.717, 1.165) is 37.8 Å². The summed E-state index contributed by atoms with van der Waals surface area (Å²) in [6, 6.07) is 0.686. The fourth-order valence-electron chi connectivity index (χ4n) is 3.25. The Kier molecular flexibility index (Phi) is 6.84. The second-order valence-corrected chi connectivity index (χ2v) is 6.99. The van der Waals surface area contributed by atoms with E-state index in [4.69, 9.17) is 5.11 Å². The molecule has 3 heteroatoms. The van der Waals surface area contributed by atoms with Crippen LogP contribution in [0.1, 0.15) is 59.8 Å². The van der Waals surface area contributed by atoms with Crippen molar-refractivity contribution >= 4 is 5.97 Å². The molecule has 1 fully saturated rings. The Morgan fingerprint density at radius 3 is 1.95 bits per heavy atom. The number of nitrogens with zero attached hydrogens (tertiary/aromatic N) is 1. The molecule has 1 rings (SSSR count). The van der Waals surface area contributed by atoms with Crippen molar-refractivity contribution in [3.8, 4) is 0 Å². The highest BCUT2D eigenvalue weighted by atomic mass is 16.4. The Labute approximate surface area is 118 Å². The van der Waals surface area contributed by atoms with Gasteiger partial charge in [0.25, 0.3) is 0 Å². The molecule has 0 amide bonds. The molecule has 0 atom stereocenters. The molecule has 0 spiro atoms. The van der Waals surface area contributed by atoms with Gasteiger partial charge < -0.3 is 10.0 Å². The molecule has 0 radical (unpaired) electrons. The normalized spacial score (nSPS) is 18.7. The summed E-state index contributed by atoms with van der Waals surface area (Å²) >= 11 is 0. The van der Waals surface area contributed by atoms with Crippen molar-refractivity contribution < 1.29 is 9.90 Å². The maximum atomic E-state index is 10.8. The zero-order valence-electron chi connectivity index (χ0n) is 13.1. The minimum Gasteiger partial charge on any atom is -0.481 e. The van der Waals surface area contributed by atoms with E-state index in [0.29, 0.717) is 18.4 Å². The summed E-state index contributed by atoms with van der Waals surface area (Å²) in [4.78, 5) is 13.4. The molecular formula is C16H31NO2. The van der Waals surface area contributed by atoms with E-state index in [1.165, 1.54) is 12.8 Å². The van der Waals surface area contributed by atoms with E-state index in [-0.39, 0.29) is 0 Å². The highest BCUT2D eigenvalue weighted by Gasteiger charge is 2.26. The number of rotatable bonds is 7. The van der Waals surface area contributed by atoms with Crippen LogP contribution in [0.4, 0.5) is 0 Å². The van der Waals surface area contributed by atoms with Crippen molar-refractivity contribution in [2.75, 3.05) is 13.1 Å². The van der Waals surface area contributed by atoms with E-state index in [2.05, 4.69) is 32.6 Å². The molecule has 0 saturated carbocycles. The van der Waals surface area contributed by atoms with Crippen LogP contribution in [0.15, 0.2) is 0 Å². The lowest BCUT2D eigenvalue weighted by atomic mass is 9.89. The van der Waals surface area contributed by atoms with Gasteiger partial charge in [0.2, 0.25) is 0 Å². The average Bonchev–Trinajstić information content (AvgIpc) is 2.27. The number of aliphatic carboxylic acids is 1. The molecule has 1 heterocycles. The Morgan fingerprint density at radius 2 is 1.58 bits per heavy atom. The first-order valence-corrected chi connectivity index (χ1v) is 7.84. The standard InChI is InChI=1S/C16H31NO2/c1-12(2)9-15(10-13(3)4)17-7-5-14(6-8-17)11-16(18)19/h12-15H,5-11H2,1-4H3,(H,18,19). The second-order valence-electron chi connectivity index (χ2n) is 6.99. The van der Waals surface area contributed by atoms with Gasteiger partial charge in [-0.3, -0.25) is 4.79 Å². The highest BCUT2D eigenvalue weighted by Crippen LogP contribution is 2.26.